The first-order valence-electron chi connectivity index (χ1n) is 5.89. The fourth-order valence-electron chi connectivity index (χ4n) is 1.95. The minimum atomic E-state index is -1.20. The third-order valence-electron chi connectivity index (χ3n) is 2.93. The molecule has 0 saturated carbocycles. The van der Waals surface area contributed by atoms with Gasteiger partial charge in [-0.05, 0) is 25.5 Å². The molecule has 7 heteroatoms. The van der Waals surface area contributed by atoms with E-state index >= 15 is 0 Å². The summed E-state index contributed by atoms with van der Waals surface area (Å²) in [6.45, 7) is 0.968. The Bertz CT molecular complexity index is 443. The maximum Gasteiger partial charge on any atom is 0.287 e. The predicted octanol–water partition coefficient (Wildman–Crippen LogP) is 1.24. The molecule has 2 atom stereocenters. The van der Waals surface area contributed by atoms with Crippen molar-refractivity contribution in [3.63, 3.8) is 0 Å². The number of hydrogen-bond acceptors (Lipinski definition) is 5. The molecule has 18 heavy (non-hydrogen) atoms. The second-order valence-electron chi connectivity index (χ2n) is 4.27. The van der Waals surface area contributed by atoms with E-state index in [0.717, 1.165) is 25.6 Å². The van der Waals surface area contributed by atoms with Crippen LogP contribution >= 0.6 is 0 Å². The van der Waals surface area contributed by atoms with E-state index in [1.165, 1.54) is 18.6 Å². The summed E-state index contributed by atoms with van der Waals surface area (Å²) >= 11 is 0. The Morgan fingerprint density at radius 3 is 2.89 bits per heavy atom. The first-order valence-corrected chi connectivity index (χ1v) is 7.21. The number of aromatic nitrogens is 1. The summed E-state index contributed by atoms with van der Waals surface area (Å²) in [4.78, 5) is 13.9. The molecule has 6 nitrogen and oxygen atoms in total. The van der Waals surface area contributed by atoms with Crippen LogP contribution in [0, 0.1) is 10.1 Å². The van der Waals surface area contributed by atoms with Crippen molar-refractivity contribution in [1.82, 2.24) is 10.3 Å². The van der Waals surface area contributed by atoms with Crippen LogP contribution in [0.2, 0.25) is 0 Å². The first kappa shape index (κ1) is 13.1. The van der Waals surface area contributed by atoms with E-state index in [2.05, 4.69) is 10.3 Å². The largest absolute Gasteiger partial charge is 0.313 e. The average Bonchev–Trinajstić information content (AvgIpc) is 2.40. The Kier molecular flexibility index (Phi) is 4.38. The molecule has 0 radical (unpaired) electrons. The molecule has 0 bridgehead atoms. The molecular formula is C11H15N3O3S. The van der Waals surface area contributed by atoms with Gasteiger partial charge in [-0.25, -0.2) is 4.98 Å². The van der Waals surface area contributed by atoms with Gasteiger partial charge in [0.25, 0.3) is 5.69 Å². The van der Waals surface area contributed by atoms with E-state index in [0.29, 0.717) is 10.8 Å². The molecule has 0 aliphatic carbocycles. The van der Waals surface area contributed by atoms with E-state index in [1.54, 1.807) is 0 Å². The lowest BCUT2D eigenvalue weighted by Crippen LogP contribution is -2.38. The van der Waals surface area contributed by atoms with Crippen molar-refractivity contribution in [2.24, 2.45) is 0 Å². The maximum absolute atomic E-state index is 12.0. The monoisotopic (exact) mass is 269 g/mol. The summed E-state index contributed by atoms with van der Waals surface area (Å²) in [6.07, 6.45) is 4.50. The van der Waals surface area contributed by atoms with Crippen molar-refractivity contribution < 1.29 is 9.13 Å². The average molecular weight is 269 g/mol. The number of piperidine rings is 1. The van der Waals surface area contributed by atoms with E-state index in [9.17, 15) is 14.3 Å². The molecule has 98 valence electrons. The lowest BCUT2D eigenvalue weighted by molar-refractivity contribution is -0.385. The summed E-state index contributed by atoms with van der Waals surface area (Å²) in [7, 11) is -1.20. The molecule has 1 aliphatic rings. The second-order valence-corrected chi connectivity index (χ2v) is 5.71. The Hall–Kier alpha value is -1.34. The molecule has 1 N–H and O–H groups in total. The number of nitro groups is 1. The number of rotatable bonds is 4. The van der Waals surface area contributed by atoms with Crippen molar-refractivity contribution in [3.8, 4) is 0 Å². The highest BCUT2D eigenvalue weighted by Crippen LogP contribution is 2.14. The van der Waals surface area contributed by atoms with Crippen molar-refractivity contribution in [3.05, 3.63) is 28.4 Å². The highest BCUT2D eigenvalue weighted by molar-refractivity contribution is 7.85. The SMILES string of the molecule is O=[N+]([O-])c1ccc(S(=O)CC2CCCCN2)nc1. The van der Waals surface area contributed by atoms with Crippen LogP contribution in [0.3, 0.4) is 0 Å². The van der Waals surface area contributed by atoms with Crippen molar-refractivity contribution in [1.29, 1.82) is 0 Å². The Labute approximate surface area is 107 Å². The summed E-state index contributed by atoms with van der Waals surface area (Å²) in [5.74, 6) is 0.519. The number of nitrogens with zero attached hydrogens (tertiary/aromatic N) is 2. The third-order valence-corrected chi connectivity index (χ3v) is 4.34. The molecule has 1 saturated heterocycles. The summed E-state index contributed by atoms with van der Waals surface area (Å²) in [6, 6.07) is 3.07. The normalized spacial score (nSPS) is 21.4. The van der Waals surface area contributed by atoms with Gasteiger partial charge in [-0.15, -0.1) is 0 Å². The third kappa shape index (κ3) is 3.33. The molecule has 2 unspecified atom stereocenters. The second kappa shape index (κ2) is 6.01. The van der Waals surface area contributed by atoms with Gasteiger partial charge in [-0.1, -0.05) is 6.42 Å². The molecule has 2 rings (SSSR count). The molecule has 1 fully saturated rings. The van der Waals surface area contributed by atoms with E-state index in [1.807, 2.05) is 0 Å². The standard InChI is InChI=1S/C11H15N3O3S/c15-14(16)10-4-5-11(13-7-10)18(17)8-9-3-1-2-6-12-9/h4-5,7,9,12H,1-3,6,8H2. The van der Waals surface area contributed by atoms with Crippen LogP contribution in [-0.2, 0) is 10.8 Å². The molecule has 0 spiro atoms. The molecular weight excluding hydrogens is 254 g/mol. The number of nitrogens with one attached hydrogen (secondary N) is 1. The molecule has 1 aromatic heterocycles. The van der Waals surface area contributed by atoms with Crippen LogP contribution in [0.1, 0.15) is 19.3 Å². The quantitative estimate of drug-likeness (QED) is 0.656. The van der Waals surface area contributed by atoms with Crippen molar-refractivity contribution in [2.45, 2.75) is 30.3 Å². The van der Waals surface area contributed by atoms with Gasteiger partial charge in [0.15, 0.2) is 0 Å². The molecule has 0 aromatic carbocycles. The minimum absolute atomic E-state index is 0.0773. The lowest BCUT2D eigenvalue weighted by atomic mass is 10.1. The van der Waals surface area contributed by atoms with Crippen LogP contribution in [-0.4, -0.2) is 32.5 Å². The van der Waals surface area contributed by atoms with Crippen LogP contribution in [0.15, 0.2) is 23.4 Å². The zero-order chi connectivity index (χ0) is 13.0. The van der Waals surface area contributed by atoms with E-state index < -0.39 is 15.7 Å². The van der Waals surface area contributed by atoms with E-state index in [4.69, 9.17) is 0 Å². The topological polar surface area (TPSA) is 85.1 Å². The van der Waals surface area contributed by atoms with Crippen LogP contribution < -0.4 is 5.32 Å². The predicted molar refractivity (Wildman–Crippen MR) is 67.8 cm³/mol. The van der Waals surface area contributed by atoms with Crippen molar-refractivity contribution in [2.75, 3.05) is 12.3 Å². The lowest BCUT2D eigenvalue weighted by Gasteiger charge is -2.22. The number of hydrogen-bond donors (Lipinski definition) is 1. The van der Waals surface area contributed by atoms with Crippen molar-refractivity contribution >= 4 is 16.5 Å². The zero-order valence-electron chi connectivity index (χ0n) is 9.87. The van der Waals surface area contributed by atoms with Gasteiger partial charge >= 0.3 is 0 Å². The van der Waals surface area contributed by atoms with Gasteiger partial charge in [0.2, 0.25) is 0 Å². The summed E-state index contributed by atoms with van der Waals surface area (Å²) < 4.78 is 12.0. The van der Waals surface area contributed by atoms with Gasteiger partial charge in [-0.3, -0.25) is 14.3 Å². The highest BCUT2D eigenvalue weighted by atomic mass is 32.2. The van der Waals surface area contributed by atoms with Gasteiger partial charge in [0, 0.05) is 17.9 Å². The molecule has 2 heterocycles. The van der Waals surface area contributed by atoms with Crippen LogP contribution in [0.25, 0.3) is 0 Å². The Morgan fingerprint density at radius 2 is 2.33 bits per heavy atom. The maximum atomic E-state index is 12.0. The van der Waals surface area contributed by atoms with Crippen LogP contribution in [0.5, 0.6) is 0 Å². The number of pyridine rings is 1. The highest BCUT2D eigenvalue weighted by Gasteiger charge is 2.17. The first-order chi connectivity index (χ1) is 8.66. The molecule has 1 aromatic rings. The molecule has 0 amide bonds. The fourth-order valence-corrected chi connectivity index (χ4v) is 3.16. The Balaban J connectivity index is 1.97. The van der Waals surface area contributed by atoms with Gasteiger partial charge < -0.3 is 5.32 Å². The zero-order valence-corrected chi connectivity index (χ0v) is 10.7. The van der Waals surface area contributed by atoms with Crippen LogP contribution in [0.4, 0.5) is 5.69 Å². The summed E-state index contributed by atoms with van der Waals surface area (Å²) in [5.41, 5.74) is -0.0773. The smallest absolute Gasteiger partial charge is 0.287 e. The Morgan fingerprint density at radius 1 is 1.50 bits per heavy atom. The van der Waals surface area contributed by atoms with E-state index in [-0.39, 0.29) is 11.7 Å². The minimum Gasteiger partial charge on any atom is -0.313 e. The van der Waals surface area contributed by atoms with Gasteiger partial charge in [0.05, 0.1) is 15.7 Å². The molecule has 1 aliphatic heterocycles. The summed E-state index contributed by atoms with van der Waals surface area (Å²) in [5, 5.41) is 14.2. The van der Waals surface area contributed by atoms with Gasteiger partial charge in [-0.2, -0.15) is 0 Å². The fraction of sp³-hybridized carbons (Fsp3) is 0.545. The van der Waals surface area contributed by atoms with Gasteiger partial charge in [0.1, 0.15) is 11.2 Å².